The molecule has 3 aliphatic heterocycles. The fourth-order valence-corrected chi connectivity index (χ4v) is 4.35. The third-order valence-electron chi connectivity index (χ3n) is 5.76. The van der Waals surface area contributed by atoms with Crippen molar-refractivity contribution in [3.05, 3.63) is 66.0 Å². The van der Waals surface area contributed by atoms with Crippen molar-refractivity contribution in [2.75, 3.05) is 13.1 Å². The molecule has 3 aliphatic rings. The number of amides is 1. The molecule has 5 heteroatoms. The van der Waals surface area contributed by atoms with Crippen LogP contribution in [0.5, 0.6) is 5.75 Å². The first-order valence-corrected chi connectivity index (χ1v) is 9.59. The van der Waals surface area contributed by atoms with E-state index in [-0.39, 0.29) is 17.7 Å². The topological polar surface area (TPSA) is 65.5 Å². The summed E-state index contributed by atoms with van der Waals surface area (Å²) >= 11 is 0. The van der Waals surface area contributed by atoms with E-state index in [0.717, 1.165) is 37.9 Å². The van der Waals surface area contributed by atoms with Crippen LogP contribution in [0.15, 0.2) is 54.9 Å². The van der Waals surface area contributed by atoms with Crippen LogP contribution in [0.25, 0.3) is 6.08 Å². The summed E-state index contributed by atoms with van der Waals surface area (Å²) < 4.78 is 0. The summed E-state index contributed by atoms with van der Waals surface area (Å²) in [6.07, 6.45) is 10.3. The van der Waals surface area contributed by atoms with Crippen LogP contribution in [0.4, 0.5) is 0 Å². The van der Waals surface area contributed by atoms with Crippen molar-refractivity contribution in [1.82, 2.24) is 15.2 Å². The highest BCUT2D eigenvalue weighted by Crippen LogP contribution is 2.34. The van der Waals surface area contributed by atoms with Crippen LogP contribution in [0.3, 0.4) is 0 Å². The zero-order valence-corrected chi connectivity index (χ0v) is 15.3. The van der Waals surface area contributed by atoms with Gasteiger partial charge < -0.3 is 10.4 Å². The molecule has 1 aromatic heterocycles. The Bertz CT molecular complexity index is 796. The van der Waals surface area contributed by atoms with E-state index in [2.05, 4.69) is 21.3 Å². The number of phenolic OH excluding ortho intramolecular Hbond substituents is 1. The molecule has 5 nitrogen and oxygen atoms in total. The first-order valence-electron chi connectivity index (χ1n) is 9.59. The molecule has 5 rings (SSSR count). The SMILES string of the molecule is O=C(C=Cc1ccc(O)cc1)NC1C2CCN(CC2)C1Cc1cccnc1. The summed E-state index contributed by atoms with van der Waals surface area (Å²) in [6.45, 7) is 2.23. The van der Waals surface area contributed by atoms with Gasteiger partial charge in [0.1, 0.15) is 5.75 Å². The Balaban J connectivity index is 1.44. The molecular formula is C22H25N3O2. The number of hydrogen-bond acceptors (Lipinski definition) is 4. The quantitative estimate of drug-likeness (QED) is 0.802. The molecule has 0 saturated carbocycles. The van der Waals surface area contributed by atoms with Crippen molar-refractivity contribution in [3.63, 3.8) is 0 Å². The highest BCUT2D eigenvalue weighted by molar-refractivity contribution is 5.92. The van der Waals surface area contributed by atoms with Gasteiger partial charge in [0.25, 0.3) is 0 Å². The van der Waals surface area contributed by atoms with Crippen LogP contribution in [0.1, 0.15) is 24.0 Å². The fourth-order valence-electron chi connectivity index (χ4n) is 4.35. The van der Waals surface area contributed by atoms with E-state index in [4.69, 9.17) is 0 Å². The normalized spacial score (nSPS) is 27.0. The van der Waals surface area contributed by atoms with Gasteiger partial charge in [0, 0.05) is 30.6 Å². The van der Waals surface area contributed by atoms with Gasteiger partial charge in [-0.15, -0.1) is 0 Å². The van der Waals surface area contributed by atoms with Crippen LogP contribution >= 0.6 is 0 Å². The molecule has 0 radical (unpaired) electrons. The molecule has 140 valence electrons. The lowest BCUT2D eigenvalue weighted by Gasteiger charge is -2.51. The minimum Gasteiger partial charge on any atom is -0.508 e. The molecule has 0 spiro atoms. The largest absolute Gasteiger partial charge is 0.508 e. The minimum absolute atomic E-state index is 0.0574. The molecule has 27 heavy (non-hydrogen) atoms. The van der Waals surface area contributed by atoms with E-state index in [1.54, 1.807) is 42.6 Å². The maximum atomic E-state index is 12.5. The third-order valence-corrected chi connectivity index (χ3v) is 5.76. The Morgan fingerprint density at radius 3 is 2.70 bits per heavy atom. The maximum absolute atomic E-state index is 12.5. The first-order chi connectivity index (χ1) is 13.2. The molecule has 2 bridgehead atoms. The number of rotatable bonds is 5. The summed E-state index contributed by atoms with van der Waals surface area (Å²) in [4.78, 5) is 19.3. The summed E-state index contributed by atoms with van der Waals surface area (Å²) in [7, 11) is 0. The summed E-state index contributed by atoms with van der Waals surface area (Å²) in [5.41, 5.74) is 2.11. The Morgan fingerprint density at radius 1 is 1.22 bits per heavy atom. The predicted octanol–water partition coefficient (Wildman–Crippen LogP) is 2.62. The number of benzene rings is 1. The zero-order valence-electron chi connectivity index (χ0n) is 15.3. The monoisotopic (exact) mass is 363 g/mol. The highest BCUT2D eigenvalue weighted by Gasteiger charge is 2.42. The number of nitrogens with one attached hydrogen (secondary N) is 1. The lowest BCUT2D eigenvalue weighted by molar-refractivity contribution is -0.119. The van der Waals surface area contributed by atoms with Crippen molar-refractivity contribution < 1.29 is 9.90 Å². The average molecular weight is 363 g/mol. The zero-order chi connectivity index (χ0) is 18.6. The maximum Gasteiger partial charge on any atom is 0.244 e. The molecule has 3 fully saturated rings. The molecule has 2 unspecified atom stereocenters. The Kier molecular flexibility index (Phi) is 5.21. The van der Waals surface area contributed by atoms with Gasteiger partial charge >= 0.3 is 0 Å². The van der Waals surface area contributed by atoms with Crippen molar-refractivity contribution in [1.29, 1.82) is 0 Å². The van der Waals surface area contributed by atoms with E-state index in [1.807, 2.05) is 12.3 Å². The number of carbonyl (C=O) groups excluding carboxylic acids is 1. The number of pyridine rings is 1. The van der Waals surface area contributed by atoms with Gasteiger partial charge in [-0.1, -0.05) is 18.2 Å². The van der Waals surface area contributed by atoms with Crippen molar-refractivity contribution in [2.24, 2.45) is 5.92 Å². The Hall–Kier alpha value is -2.66. The number of aromatic hydroxyl groups is 1. The smallest absolute Gasteiger partial charge is 0.244 e. The van der Waals surface area contributed by atoms with Crippen LogP contribution in [-0.2, 0) is 11.2 Å². The lowest BCUT2D eigenvalue weighted by atomic mass is 9.77. The van der Waals surface area contributed by atoms with Crippen molar-refractivity contribution >= 4 is 12.0 Å². The van der Waals surface area contributed by atoms with E-state index in [1.165, 1.54) is 5.56 Å². The number of carbonyl (C=O) groups is 1. The van der Waals surface area contributed by atoms with Gasteiger partial charge in [0.05, 0.1) is 0 Å². The second-order valence-corrected chi connectivity index (χ2v) is 7.47. The van der Waals surface area contributed by atoms with E-state index in [9.17, 15) is 9.90 Å². The standard InChI is InChI=1S/C22H25N3O2/c26-19-6-3-16(4-7-19)5-8-21(27)24-22-18-9-12-25(13-10-18)20(22)14-17-2-1-11-23-15-17/h1-8,11,15,18,20,22,26H,9-10,12-14H2,(H,24,27). The molecule has 1 aromatic carbocycles. The second kappa shape index (κ2) is 7.92. The van der Waals surface area contributed by atoms with E-state index < -0.39 is 0 Å². The Morgan fingerprint density at radius 2 is 2.00 bits per heavy atom. The first kappa shape index (κ1) is 17.7. The van der Waals surface area contributed by atoms with Gasteiger partial charge in [0.15, 0.2) is 0 Å². The van der Waals surface area contributed by atoms with Crippen molar-refractivity contribution in [3.8, 4) is 5.75 Å². The van der Waals surface area contributed by atoms with Crippen LogP contribution in [-0.4, -0.2) is 46.1 Å². The van der Waals surface area contributed by atoms with Crippen molar-refractivity contribution in [2.45, 2.75) is 31.3 Å². The molecule has 1 amide bonds. The van der Waals surface area contributed by atoms with Gasteiger partial charge in [-0.05, 0) is 73.7 Å². The molecule has 2 N–H and O–H groups in total. The van der Waals surface area contributed by atoms with Gasteiger partial charge in [-0.25, -0.2) is 0 Å². The highest BCUT2D eigenvalue weighted by atomic mass is 16.3. The molecular weight excluding hydrogens is 338 g/mol. The molecule has 2 aromatic rings. The molecule has 0 aliphatic carbocycles. The Labute approximate surface area is 159 Å². The number of hydrogen-bond donors (Lipinski definition) is 2. The summed E-state index contributed by atoms with van der Waals surface area (Å²) in [5.74, 6) is 0.711. The predicted molar refractivity (Wildman–Crippen MR) is 105 cm³/mol. The number of fused-ring (bicyclic) bond motifs is 3. The summed E-state index contributed by atoms with van der Waals surface area (Å²) in [5, 5.41) is 12.6. The molecule has 4 heterocycles. The lowest BCUT2D eigenvalue weighted by Crippen LogP contribution is -2.64. The summed E-state index contributed by atoms with van der Waals surface area (Å²) in [6, 6.07) is 11.4. The van der Waals surface area contributed by atoms with Crippen LogP contribution < -0.4 is 5.32 Å². The molecule has 3 saturated heterocycles. The van der Waals surface area contributed by atoms with E-state index in [0.29, 0.717) is 12.0 Å². The number of aromatic nitrogens is 1. The van der Waals surface area contributed by atoms with Gasteiger partial charge in [-0.3, -0.25) is 14.7 Å². The average Bonchev–Trinajstić information content (AvgIpc) is 2.71. The minimum atomic E-state index is -0.0574. The van der Waals surface area contributed by atoms with Gasteiger partial charge in [-0.2, -0.15) is 0 Å². The third kappa shape index (κ3) is 4.19. The van der Waals surface area contributed by atoms with Crippen LogP contribution in [0.2, 0.25) is 0 Å². The number of piperidine rings is 3. The van der Waals surface area contributed by atoms with Gasteiger partial charge in [0.2, 0.25) is 5.91 Å². The number of nitrogens with zero attached hydrogens (tertiary/aromatic N) is 2. The molecule has 2 atom stereocenters. The number of phenols is 1. The van der Waals surface area contributed by atoms with Crippen LogP contribution in [0, 0.1) is 5.92 Å². The second-order valence-electron chi connectivity index (χ2n) is 7.47. The fraction of sp³-hybridized carbons (Fsp3) is 0.364. The van der Waals surface area contributed by atoms with E-state index >= 15 is 0 Å².